The van der Waals surface area contributed by atoms with Crippen molar-refractivity contribution in [3.63, 3.8) is 0 Å². The van der Waals surface area contributed by atoms with Gasteiger partial charge in [0.2, 0.25) is 6.79 Å². The normalized spacial score (nSPS) is 16.8. The molecule has 9 nitrogen and oxygen atoms in total. The van der Waals surface area contributed by atoms with Crippen molar-refractivity contribution < 1.29 is 14.3 Å². The van der Waals surface area contributed by atoms with E-state index < -0.39 is 11.2 Å². The van der Waals surface area contributed by atoms with Crippen molar-refractivity contribution in [2.24, 2.45) is 0 Å². The number of hydrogen-bond acceptors (Lipinski definition) is 6. The molecule has 0 aliphatic carbocycles. The van der Waals surface area contributed by atoms with E-state index in [4.69, 9.17) is 9.47 Å². The Labute approximate surface area is 167 Å². The molecule has 0 atom stereocenters. The molecule has 1 aromatic heterocycles. The molecule has 9 heteroatoms. The monoisotopic (exact) mass is 400 g/mol. The summed E-state index contributed by atoms with van der Waals surface area (Å²) in [7, 11) is 3.76. The van der Waals surface area contributed by atoms with Crippen LogP contribution in [0, 0.1) is 0 Å². The average Bonchev–Trinajstić information content (AvgIpc) is 3.18. The smallest absolute Gasteiger partial charge is 0.328 e. The lowest BCUT2D eigenvalue weighted by molar-refractivity contribution is 0.0656. The first-order valence-electron chi connectivity index (χ1n) is 9.61. The van der Waals surface area contributed by atoms with E-state index in [2.05, 4.69) is 16.9 Å². The lowest BCUT2D eigenvalue weighted by Gasteiger charge is -2.35. The lowest BCUT2D eigenvalue weighted by atomic mass is 10.0. The van der Waals surface area contributed by atoms with Crippen molar-refractivity contribution in [2.45, 2.75) is 25.4 Å². The van der Waals surface area contributed by atoms with Gasteiger partial charge in [-0.25, -0.2) is 4.79 Å². The van der Waals surface area contributed by atoms with Crippen molar-refractivity contribution in [2.75, 3.05) is 34.0 Å². The summed E-state index contributed by atoms with van der Waals surface area (Å²) in [5.41, 5.74) is -0.496. The van der Waals surface area contributed by atoms with Crippen LogP contribution >= 0.6 is 0 Å². The van der Waals surface area contributed by atoms with Gasteiger partial charge >= 0.3 is 5.69 Å². The second kappa shape index (κ2) is 7.75. The predicted octanol–water partition coefficient (Wildman–Crippen LogP) is 0.480. The van der Waals surface area contributed by atoms with E-state index in [-0.39, 0.29) is 30.9 Å². The second-order valence-corrected chi connectivity index (χ2v) is 7.54. The molecule has 3 heterocycles. The highest BCUT2D eigenvalue weighted by Crippen LogP contribution is 2.32. The fraction of sp³-hybridized carbons (Fsp3) is 0.450. The van der Waals surface area contributed by atoms with Crippen molar-refractivity contribution in [1.82, 2.24) is 19.4 Å². The summed E-state index contributed by atoms with van der Waals surface area (Å²) < 4.78 is 11.7. The first-order chi connectivity index (χ1) is 13.9. The second-order valence-electron chi connectivity index (χ2n) is 7.54. The molecule has 0 unspecified atom stereocenters. The number of aromatic nitrogens is 2. The summed E-state index contributed by atoms with van der Waals surface area (Å²) in [6.45, 7) is 1.99. The number of nitrogens with one attached hydrogen (secondary N) is 1. The van der Waals surface area contributed by atoms with Crippen LogP contribution < -0.4 is 20.7 Å². The standard InChI is InChI=1S/C20H24N4O5/c1-22-7-5-14(6-8-22)23(2)18(25)15-10-21-20(27)24(19(15)26)11-13-3-4-16-17(9-13)29-12-28-16/h3-4,9-10,14H,5-8,11-12H2,1-2H3,(H,21,27). The van der Waals surface area contributed by atoms with Crippen LogP contribution in [0.3, 0.4) is 0 Å². The van der Waals surface area contributed by atoms with Gasteiger partial charge in [0.25, 0.3) is 11.5 Å². The van der Waals surface area contributed by atoms with E-state index in [1.807, 2.05) is 0 Å². The molecule has 0 saturated carbocycles. The van der Waals surface area contributed by atoms with Crippen molar-refractivity contribution in [1.29, 1.82) is 0 Å². The molecule has 154 valence electrons. The maximum absolute atomic E-state index is 13.0. The molecule has 1 fully saturated rings. The summed E-state index contributed by atoms with van der Waals surface area (Å²) in [5.74, 6) is 0.820. The number of fused-ring (bicyclic) bond motifs is 1. The number of piperidine rings is 1. The molecule has 1 N–H and O–H groups in total. The van der Waals surface area contributed by atoms with E-state index in [0.717, 1.165) is 30.5 Å². The van der Waals surface area contributed by atoms with Crippen LogP contribution in [0.25, 0.3) is 0 Å². The van der Waals surface area contributed by atoms with E-state index in [1.165, 1.54) is 6.20 Å². The van der Waals surface area contributed by atoms with Gasteiger partial charge in [0.1, 0.15) is 5.56 Å². The summed E-state index contributed by atoms with van der Waals surface area (Å²) in [4.78, 5) is 44.5. The Morgan fingerprint density at radius 3 is 2.69 bits per heavy atom. The highest BCUT2D eigenvalue weighted by Gasteiger charge is 2.27. The number of hydrogen-bond donors (Lipinski definition) is 1. The SMILES string of the molecule is CN1CCC(N(C)C(=O)c2c[nH]c(=O)n(Cc3ccc4c(c3)OCO4)c2=O)CC1. The summed E-state index contributed by atoms with van der Waals surface area (Å²) >= 11 is 0. The van der Waals surface area contributed by atoms with Crippen LogP contribution in [-0.2, 0) is 6.54 Å². The topological polar surface area (TPSA) is 96.9 Å². The highest BCUT2D eigenvalue weighted by molar-refractivity contribution is 5.93. The van der Waals surface area contributed by atoms with E-state index in [0.29, 0.717) is 17.1 Å². The van der Waals surface area contributed by atoms with Crippen LogP contribution in [0.4, 0.5) is 0 Å². The summed E-state index contributed by atoms with van der Waals surface area (Å²) in [6.07, 6.45) is 2.93. The molecule has 1 amide bonds. The Morgan fingerprint density at radius 1 is 1.21 bits per heavy atom. The first kappa shape index (κ1) is 19.3. The third kappa shape index (κ3) is 3.77. The lowest BCUT2D eigenvalue weighted by Crippen LogP contribution is -2.47. The number of ether oxygens (including phenoxy) is 2. The molecule has 2 aliphatic rings. The molecule has 0 radical (unpaired) electrons. The first-order valence-corrected chi connectivity index (χ1v) is 9.61. The number of nitrogens with zero attached hydrogens (tertiary/aromatic N) is 3. The minimum atomic E-state index is -0.601. The molecular weight excluding hydrogens is 376 g/mol. The Morgan fingerprint density at radius 2 is 1.93 bits per heavy atom. The van der Waals surface area contributed by atoms with E-state index >= 15 is 0 Å². The minimum absolute atomic E-state index is 0.0316. The van der Waals surface area contributed by atoms with E-state index in [9.17, 15) is 14.4 Å². The number of carbonyl (C=O) groups excluding carboxylic acids is 1. The Bertz CT molecular complexity index is 1040. The zero-order valence-electron chi connectivity index (χ0n) is 16.5. The maximum Gasteiger partial charge on any atom is 0.328 e. The van der Waals surface area contributed by atoms with Crippen LogP contribution in [0.1, 0.15) is 28.8 Å². The number of H-pyrrole nitrogens is 1. The number of aromatic amines is 1. The van der Waals surface area contributed by atoms with E-state index in [1.54, 1.807) is 30.1 Å². The number of amides is 1. The fourth-order valence-corrected chi connectivity index (χ4v) is 3.77. The average molecular weight is 400 g/mol. The van der Waals surface area contributed by atoms with Gasteiger partial charge in [0, 0.05) is 19.3 Å². The molecule has 4 rings (SSSR count). The van der Waals surface area contributed by atoms with Gasteiger partial charge in [-0.05, 0) is 50.7 Å². The van der Waals surface area contributed by atoms with Gasteiger partial charge in [-0.2, -0.15) is 0 Å². The van der Waals surface area contributed by atoms with Crippen molar-refractivity contribution in [3.8, 4) is 11.5 Å². The van der Waals surface area contributed by atoms with Crippen LogP contribution in [0.2, 0.25) is 0 Å². The zero-order valence-corrected chi connectivity index (χ0v) is 16.5. The molecule has 1 saturated heterocycles. The van der Waals surface area contributed by atoms with Crippen LogP contribution in [0.15, 0.2) is 34.0 Å². The molecule has 0 spiro atoms. The van der Waals surface area contributed by atoms with Crippen LogP contribution in [-0.4, -0.2) is 65.3 Å². The fourth-order valence-electron chi connectivity index (χ4n) is 3.77. The summed E-state index contributed by atoms with van der Waals surface area (Å²) in [6, 6.07) is 5.30. The van der Waals surface area contributed by atoms with Crippen molar-refractivity contribution >= 4 is 5.91 Å². The third-order valence-corrected chi connectivity index (χ3v) is 5.62. The molecular formula is C20H24N4O5. The molecule has 2 aromatic rings. The largest absolute Gasteiger partial charge is 0.454 e. The van der Waals surface area contributed by atoms with Gasteiger partial charge in [-0.15, -0.1) is 0 Å². The van der Waals surface area contributed by atoms with Gasteiger partial charge in [-0.1, -0.05) is 6.07 Å². The summed E-state index contributed by atoms with van der Waals surface area (Å²) in [5, 5.41) is 0. The Balaban J connectivity index is 1.59. The van der Waals surface area contributed by atoms with Gasteiger partial charge in [0.05, 0.1) is 6.54 Å². The number of carbonyl (C=O) groups is 1. The van der Waals surface area contributed by atoms with Gasteiger partial charge in [-0.3, -0.25) is 14.2 Å². The number of likely N-dealkylation sites (tertiary alicyclic amines) is 1. The minimum Gasteiger partial charge on any atom is -0.454 e. The van der Waals surface area contributed by atoms with Crippen molar-refractivity contribution in [3.05, 3.63) is 56.4 Å². The predicted molar refractivity (Wildman–Crippen MR) is 106 cm³/mol. The zero-order chi connectivity index (χ0) is 20.5. The molecule has 29 heavy (non-hydrogen) atoms. The van der Waals surface area contributed by atoms with Gasteiger partial charge < -0.3 is 24.3 Å². The molecule has 2 aliphatic heterocycles. The Hall–Kier alpha value is -3.07. The quantitative estimate of drug-likeness (QED) is 0.802. The van der Waals surface area contributed by atoms with Gasteiger partial charge in [0.15, 0.2) is 11.5 Å². The Kier molecular flexibility index (Phi) is 5.14. The third-order valence-electron chi connectivity index (χ3n) is 5.62. The molecule has 0 bridgehead atoms. The molecule has 1 aromatic carbocycles. The number of benzene rings is 1. The number of rotatable bonds is 4. The highest BCUT2D eigenvalue weighted by atomic mass is 16.7. The maximum atomic E-state index is 13.0. The van der Waals surface area contributed by atoms with Crippen LogP contribution in [0.5, 0.6) is 11.5 Å².